The molecule has 1 amide bonds. The summed E-state index contributed by atoms with van der Waals surface area (Å²) >= 11 is 0. The highest BCUT2D eigenvalue weighted by molar-refractivity contribution is 5.84. The highest BCUT2D eigenvalue weighted by Gasteiger charge is 2.33. The molecule has 0 bridgehead atoms. The highest BCUT2D eigenvalue weighted by atomic mass is 16.4. The summed E-state index contributed by atoms with van der Waals surface area (Å²) in [6.07, 6.45) is 3.99. The van der Waals surface area contributed by atoms with Gasteiger partial charge >= 0.3 is 5.97 Å². The van der Waals surface area contributed by atoms with Crippen molar-refractivity contribution in [3.8, 4) is 0 Å². The minimum absolute atomic E-state index is 0.00542. The zero-order valence-electron chi connectivity index (χ0n) is 10.1. The van der Waals surface area contributed by atoms with Crippen molar-refractivity contribution in [1.29, 1.82) is 0 Å². The van der Waals surface area contributed by atoms with E-state index in [1.807, 2.05) is 6.92 Å². The summed E-state index contributed by atoms with van der Waals surface area (Å²) in [6.45, 7) is 4.75. The fourth-order valence-corrected chi connectivity index (χ4v) is 2.33. The minimum Gasteiger partial charge on any atom is -0.480 e. The van der Waals surface area contributed by atoms with E-state index in [2.05, 4.69) is 6.92 Å². The molecule has 0 saturated carbocycles. The lowest BCUT2D eigenvalue weighted by molar-refractivity contribution is -0.148. The Morgan fingerprint density at radius 3 is 2.75 bits per heavy atom. The Labute approximate surface area is 96.6 Å². The number of carboxylic acids is 1. The van der Waals surface area contributed by atoms with Crippen molar-refractivity contribution in [2.45, 2.75) is 52.0 Å². The van der Waals surface area contributed by atoms with Crippen molar-refractivity contribution in [3.63, 3.8) is 0 Å². The van der Waals surface area contributed by atoms with Gasteiger partial charge < -0.3 is 10.0 Å². The molecule has 1 fully saturated rings. The molecule has 0 aromatic rings. The van der Waals surface area contributed by atoms with E-state index in [9.17, 15) is 9.59 Å². The van der Waals surface area contributed by atoms with Gasteiger partial charge in [0.05, 0.1) is 0 Å². The van der Waals surface area contributed by atoms with Crippen molar-refractivity contribution in [3.05, 3.63) is 0 Å². The molecular weight excluding hydrogens is 206 g/mol. The molecule has 1 N–H and O–H groups in total. The monoisotopic (exact) mass is 227 g/mol. The number of hydrogen-bond donors (Lipinski definition) is 1. The molecule has 0 radical (unpaired) electrons. The van der Waals surface area contributed by atoms with Gasteiger partial charge in [-0.1, -0.05) is 26.7 Å². The lowest BCUT2D eigenvalue weighted by atomic mass is 10.0. The van der Waals surface area contributed by atoms with Crippen LogP contribution in [0.4, 0.5) is 0 Å². The van der Waals surface area contributed by atoms with Gasteiger partial charge in [-0.05, 0) is 18.8 Å². The molecule has 1 aliphatic rings. The van der Waals surface area contributed by atoms with Gasteiger partial charge in [-0.25, -0.2) is 4.79 Å². The number of nitrogens with zero attached hydrogens (tertiary/aromatic N) is 1. The van der Waals surface area contributed by atoms with Crippen LogP contribution in [0.5, 0.6) is 0 Å². The van der Waals surface area contributed by atoms with Gasteiger partial charge in [-0.3, -0.25) is 4.79 Å². The van der Waals surface area contributed by atoms with Gasteiger partial charge in [0.15, 0.2) is 0 Å². The second-order valence-electron chi connectivity index (χ2n) is 4.68. The molecule has 1 rings (SSSR count). The summed E-state index contributed by atoms with van der Waals surface area (Å²) in [4.78, 5) is 24.4. The summed E-state index contributed by atoms with van der Waals surface area (Å²) in [5.41, 5.74) is 0. The van der Waals surface area contributed by atoms with E-state index < -0.39 is 12.0 Å². The first-order valence-corrected chi connectivity index (χ1v) is 6.08. The van der Waals surface area contributed by atoms with Gasteiger partial charge in [0, 0.05) is 13.0 Å². The molecule has 2 atom stereocenters. The Kier molecular flexibility index (Phi) is 4.77. The molecule has 1 aliphatic heterocycles. The quantitative estimate of drug-likeness (QED) is 0.780. The first-order chi connectivity index (χ1) is 7.56. The van der Waals surface area contributed by atoms with E-state index in [-0.39, 0.29) is 5.91 Å². The SMILES string of the molecule is CCCC(C)CC(=O)N1CCCC1C(=O)O. The van der Waals surface area contributed by atoms with E-state index >= 15 is 0 Å². The summed E-state index contributed by atoms with van der Waals surface area (Å²) in [7, 11) is 0. The highest BCUT2D eigenvalue weighted by Crippen LogP contribution is 2.21. The van der Waals surface area contributed by atoms with Crippen LogP contribution in [0.25, 0.3) is 0 Å². The molecule has 16 heavy (non-hydrogen) atoms. The molecule has 1 saturated heterocycles. The van der Waals surface area contributed by atoms with Gasteiger partial charge in [0.25, 0.3) is 0 Å². The maximum absolute atomic E-state index is 11.9. The van der Waals surface area contributed by atoms with Gasteiger partial charge in [0.2, 0.25) is 5.91 Å². The number of amides is 1. The van der Waals surface area contributed by atoms with Crippen LogP contribution < -0.4 is 0 Å². The third-order valence-electron chi connectivity index (χ3n) is 3.16. The standard InChI is InChI=1S/C12H21NO3/c1-3-5-9(2)8-11(14)13-7-4-6-10(13)12(15)16/h9-10H,3-8H2,1-2H3,(H,15,16). The fourth-order valence-electron chi connectivity index (χ4n) is 2.33. The van der Waals surface area contributed by atoms with Crippen molar-refractivity contribution in [2.24, 2.45) is 5.92 Å². The number of carbonyl (C=O) groups is 2. The molecule has 92 valence electrons. The number of hydrogen-bond acceptors (Lipinski definition) is 2. The first kappa shape index (κ1) is 13.0. The zero-order chi connectivity index (χ0) is 12.1. The third kappa shape index (κ3) is 3.22. The summed E-state index contributed by atoms with van der Waals surface area (Å²) in [5, 5.41) is 8.98. The van der Waals surface area contributed by atoms with Crippen molar-refractivity contribution in [1.82, 2.24) is 4.90 Å². The number of rotatable bonds is 5. The van der Waals surface area contributed by atoms with Crippen LogP contribution in [0.2, 0.25) is 0 Å². The second-order valence-corrected chi connectivity index (χ2v) is 4.68. The first-order valence-electron chi connectivity index (χ1n) is 6.08. The lowest BCUT2D eigenvalue weighted by Gasteiger charge is -2.23. The Hall–Kier alpha value is -1.06. The smallest absolute Gasteiger partial charge is 0.326 e. The molecular formula is C12H21NO3. The van der Waals surface area contributed by atoms with E-state index in [0.29, 0.717) is 25.3 Å². The molecule has 0 spiro atoms. The minimum atomic E-state index is -0.867. The number of likely N-dealkylation sites (tertiary alicyclic amines) is 1. The van der Waals surface area contributed by atoms with Gasteiger partial charge in [-0.15, -0.1) is 0 Å². The Bertz CT molecular complexity index is 265. The van der Waals surface area contributed by atoms with Crippen molar-refractivity contribution in [2.75, 3.05) is 6.54 Å². The fraction of sp³-hybridized carbons (Fsp3) is 0.833. The predicted molar refractivity (Wildman–Crippen MR) is 61.1 cm³/mol. The number of carbonyl (C=O) groups excluding carboxylic acids is 1. The van der Waals surface area contributed by atoms with E-state index in [0.717, 1.165) is 19.3 Å². The van der Waals surface area contributed by atoms with Crippen LogP contribution in [-0.4, -0.2) is 34.5 Å². The van der Waals surface area contributed by atoms with E-state index in [1.54, 1.807) is 0 Å². The maximum atomic E-state index is 11.9. The molecule has 4 heteroatoms. The number of aliphatic carboxylic acids is 1. The van der Waals surface area contributed by atoms with Crippen LogP contribution in [0.3, 0.4) is 0 Å². The third-order valence-corrected chi connectivity index (χ3v) is 3.16. The Morgan fingerprint density at radius 1 is 1.50 bits per heavy atom. The van der Waals surface area contributed by atoms with Crippen LogP contribution >= 0.6 is 0 Å². The van der Waals surface area contributed by atoms with E-state index in [1.165, 1.54) is 4.90 Å². The van der Waals surface area contributed by atoms with E-state index in [4.69, 9.17) is 5.11 Å². The maximum Gasteiger partial charge on any atom is 0.326 e. The predicted octanol–water partition coefficient (Wildman–Crippen LogP) is 1.89. The number of carboxylic acid groups (broad SMARTS) is 1. The second kappa shape index (κ2) is 5.87. The van der Waals surface area contributed by atoms with Crippen LogP contribution in [-0.2, 0) is 9.59 Å². The molecule has 4 nitrogen and oxygen atoms in total. The Balaban J connectivity index is 2.49. The van der Waals surface area contributed by atoms with Crippen LogP contribution in [0.15, 0.2) is 0 Å². The van der Waals surface area contributed by atoms with Crippen LogP contribution in [0, 0.1) is 5.92 Å². The van der Waals surface area contributed by atoms with Crippen molar-refractivity contribution >= 4 is 11.9 Å². The van der Waals surface area contributed by atoms with Gasteiger partial charge in [-0.2, -0.15) is 0 Å². The largest absolute Gasteiger partial charge is 0.480 e. The molecule has 0 aliphatic carbocycles. The lowest BCUT2D eigenvalue weighted by Crippen LogP contribution is -2.40. The normalized spacial score (nSPS) is 22.1. The molecule has 0 aromatic heterocycles. The summed E-state index contributed by atoms with van der Waals surface area (Å²) < 4.78 is 0. The average Bonchev–Trinajstić information content (AvgIpc) is 2.65. The molecule has 0 aromatic carbocycles. The Morgan fingerprint density at radius 2 is 2.19 bits per heavy atom. The summed E-state index contributed by atoms with van der Waals surface area (Å²) in [5.74, 6) is -0.507. The molecule has 1 heterocycles. The summed E-state index contributed by atoms with van der Waals surface area (Å²) in [6, 6.07) is -0.582. The van der Waals surface area contributed by atoms with Gasteiger partial charge in [0.1, 0.15) is 6.04 Å². The zero-order valence-corrected chi connectivity index (χ0v) is 10.1. The van der Waals surface area contributed by atoms with Crippen LogP contribution in [0.1, 0.15) is 46.0 Å². The molecule has 2 unspecified atom stereocenters. The van der Waals surface area contributed by atoms with Crippen molar-refractivity contribution < 1.29 is 14.7 Å². The average molecular weight is 227 g/mol. The topological polar surface area (TPSA) is 57.6 Å².